The Morgan fingerprint density at radius 2 is 2.07 bits per heavy atom. The number of nitriles is 1. The van der Waals surface area contributed by atoms with E-state index in [1.165, 1.54) is 12.8 Å². The van der Waals surface area contributed by atoms with Crippen LogP contribution >= 0.6 is 0 Å². The average molecular weight is 207 g/mol. The monoisotopic (exact) mass is 207 g/mol. The van der Waals surface area contributed by atoms with Crippen molar-refractivity contribution in [1.82, 2.24) is 0 Å². The van der Waals surface area contributed by atoms with Crippen molar-refractivity contribution in [3.63, 3.8) is 0 Å². The average Bonchev–Trinajstić information content (AvgIpc) is 2.15. The quantitative estimate of drug-likeness (QED) is 0.756. The zero-order valence-electron chi connectivity index (χ0n) is 9.58. The zero-order chi connectivity index (χ0) is 10.9. The molecule has 2 heteroatoms. The fourth-order valence-electron chi connectivity index (χ4n) is 3.23. The van der Waals surface area contributed by atoms with Crippen molar-refractivity contribution in [2.45, 2.75) is 58.0 Å². The Hall–Kier alpha value is -0.550. The molecule has 0 radical (unpaired) electrons. The second kappa shape index (κ2) is 4.14. The summed E-state index contributed by atoms with van der Waals surface area (Å²) in [6.07, 6.45) is 7.27. The molecule has 0 bridgehead atoms. The van der Waals surface area contributed by atoms with Crippen molar-refractivity contribution in [2.75, 3.05) is 0 Å². The van der Waals surface area contributed by atoms with Gasteiger partial charge in [-0.25, -0.2) is 0 Å². The first kappa shape index (κ1) is 11.0. The highest BCUT2D eigenvalue weighted by atomic mass is 16.3. The van der Waals surface area contributed by atoms with Crippen LogP contribution in [-0.2, 0) is 0 Å². The Morgan fingerprint density at radius 1 is 1.33 bits per heavy atom. The first-order valence-electron chi connectivity index (χ1n) is 6.27. The number of hydrogen-bond donors (Lipinski definition) is 1. The third-order valence-electron chi connectivity index (χ3n) is 4.42. The van der Waals surface area contributed by atoms with Crippen LogP contribution in [0.2, 0.25) is 0 Å². The van der Waals surface area contributed by atoms with Gasteiger partial charge in [-0.1, -0.05) is 26.2 Å². The molecule has 0 amide bonds. The van der Waals surface area contributed by atoms with Crippen LogP contribution in [0.3, 0.4) is 0 Å². The van der Waals surface area contributed by atoms with Crippen LogP contribution < -0.4 is 0 Å². The van der Waals surface area contributed by atoms with Gasteiger partial charge >= 0.3 is 0 Å². The molecule has 2 saturated carbocycles. The maximum atomic E-state index is 10.3. The van der Waals surface area contributed by atoms with Gasteiger partial charge in [0.05, 0.1) is 17.6 Å². The molecule has 0 aliphatic heterocycles. The van der Waals surface area contributed by atoms with Crippen molar-refractivity contribution >= 4 is 0 Å². The molecule has 3 atom stereocenters. The van der Waals surface area contributed by atoms with E-state index in [-0.39, 0.29) is 6.10 Å². The minimum absolute atomic E-state index is 0.362. The molecular formula is C13H21NO. The minimum Gasteiger partial charge on any atom is -0.391 e. The first-order valence-corrected chi connectivity index (χ1v) is 6.27. The van der Waals surface area contributed by atoms with Crippen LogP contribution in [0.1, 0.15) is 51.9 Å². The van der Waals surface area contributed by atoms with E-state index in [1.807, 2.05) is 0 Å². The van der Waals surface area contributed by atoms with E-state index in [1.54, 1.807) is 0 Å². The third-order valence-corrected chi connectivity index (χ3v) is 4.42. The van der Waals surface area contributed by atoms with Gasteiger partial charge < -0.3 is 5.11 Å². The van der Waals surface area contributed by atoms with Gasteiger partial charge in [-0.05, 0) is 37.5 Å². The predicted molar refractivity (Wildman–Crippen MR) is 59.0 cm³/mol. The maximum absolute atomic E-state index is 10.3. The van der Waals surface area contributed by atoms with Gasteiger partial charge in [0.1, 0.15) is 0 Å². The molecule has 0 saturated heterocycles. The maximum Gasteiger partial charge on any atom is 0.0837 e. The van der Waals surface area contributed by atoms with E-state index in [0.717, 1.165) is 32.1 Å². The molecule has 1 N–H and O–H groups in total. The molecule has 0 aromatic heterocycles. The molecule has 2 aliphatic carbocycles. The molecule has 2 fully saturated rings. The van der Waals surface area contributed by atoms with Crippen LogP contribution in [-0.4, -0.2) is 11.2 Å². The molecular weight excluding hydrogens is 186 g/mol. The first-order chi connectivity index (χ1) is 7.18. The molecule has 0 aromatic carbocycles. The van der Waals surface area contributed by atoms with Gasteiger partial charge in [0.15, 0.2) is 0 Å². The largest absolute Gasteiger partial charge is 0.391 e. The second-order valence-electron chi connectivity index (χ2n) is 5.61. The second-order valence-corrected chi connectivity index (χ2v) is 5.61. The Bertz CT molecular complexity index is 266. The number of aliphatic hydroxyl groups is 1. The molecule has 15 heavy (non-hydrogen) atoms. The summed E-state index contributed by atoms with van der Waals surface area (Å²) in [5.41, 5.74) is -0.414. The third kappa shape index (κ3) is 1.90. The zero-order valence-corrected chi connectivity index (χ0v) is 9.58. The summed E-state index contributed by atoms with van der Waals surface area (Å²) in [7, 11) is 0. The normalized spacial score (nSPS) is 39.1. The number of nitrogens with zero attached hydrogens (tertiary/aromatic N) is 1. The summed E-state index contributed by atoms with van der Waals surface area (Å²) >= 11 is 0. The van der Waals surface area contributed by atoms with E-state index in [4.69, 9.17) is 0 Å². The number of aliphatic hydroxyl groups excluding tert-OH is 1. The van der Waals surface area contributed by atoms with Gasteiger partial charge in [0, 0.05) is 0 Å². The summed E-state index contributed by atoms with van der Waals surface area (Å²) in [5.74, 6) is 1.02. The summed E-state index contributed by atoms with van der Waals surface area (Å²) in [6, 6.07) is 2.45. The van der Waals surface area contributed by atoms with E-state index in [2.05, 4.69) is 13.0 Å². The van der Waals surface area contributed by atoms with Gasteiger partial charge in [-0.2, -0.15) is 5.26 Å². The van der Waals surface area contributed by atoms with E-state index >= 15 is 0 Å². The van der Waals surface area contributed by atoms with E-state index in [0.29, 0.717) is 11.8 Å². The minimum atomic E-state index is -0.414. The molecule has 0 aromatic rings. The smallest absolute Gasteiger partial charge is 0.0837 e. The molecule has 2 rings (SSSR count). The van der Waals surface area contributed by atoms with E-state index in [9.17, 15) is 10.4 Å². The molecule has 0 heterocycles. The fourth-order valence-corrected chi connectivity index (χ4v) is 3.23. The molecule has 3 unspecified atom stereocenters. The van der Waals surface area contributed by atoms with Crippen LogP contribution in [0.4, 0.5) is 0 Å². The number of hydrogen-bond acceptors (Lipinski definition) is 2. The van der Waals surface area contributed by atoms with Crippen molar-refractivity contribution in [2.24, 2.45) is 17.3 Å². The van der Waals surface area contributed by atoms with Crippen LogP contribution in [0.25, 0.3) is 0 Å². The Balaban J connectivity index is 2.09. The summed E-state index contributed by atoms with van der Waals surface area (Å²) in [4.78, 5) is 0. The lowest BCUT2D eigenvalue weighted by atomic mass is 9.62. The lowest BCUT2D eigenvalue weighted by Crippen LogP contribution is -2.44. The van der Waals surface area contributed by atoms with Crippen molar-refractivity contribution in [1.29, 1.82) is 5.26 Å². The molecule has 2 nitrogen and oxygen atoms in total. The SMILES string of the molecule is CC1CCCC(C#N)(C(O)C2CCC2)C1. The van der Waals surface area contributed by atoms with Gasteiger partial charge in [-0.15, -0.1) is 0 Å². The molecule has 84 valence electrons. The standard InChI is InChI=1S/C13H21NO/c1-10-4-3-7-13(8-10,9-14)12(15)11-5-2-6-11/h10-12,15H,2-8H2,1H3. The van der Waals surface area contributed by atoms with Crippen LogP contribution in [0.15, 0.2) is 0 Å². The highest BCUT2D eigenvalue weighted by molar-refractivity contribution is 5.08. The van der Waals surface area contributed by atoms with Gasteiger partial charge in [-0.3, -0.25) is 0 Å². The Labute approximate surface area is 92.3 Å². The fraction of sp³-hybridized carbons (Fsp3) is 0.923. The lowest BCUT2D eigenvalue weighted by molar-refractivity contribution is -0.0417. The van der Waals surface area contributed by atoms with E-state index < -0.39 is 5.41 Å². The van der Waals surface area contributed by atoms with Crippen LogP contribution in [0.5, 0.6) is 0 Å². The topological polar surface area (TPSA) is 44.0 Å². The Kier molecular flexibility index (Phi) is 3.02. The predicted octanol–water partition coefficient (Wildman–Crippen LogP) is 2.87. The number of rotatable bonds is 2. The summed E-state index contributed by atoms with van der Waals surface area (Å²) in [5, 5.41) is 19.7. The summed E-state index contributed by atoms with van der Waals surface area (Å²) < 4.78 is 0. The van der Waals surface area contributed by atoms with Crippen molar-refractivity contribution in [3.8, 4) is 6.07 Å². The van der Waals surface area contributed by atoms with Crippen LogP contribution in [0, 0.1) is 28.6 Å². The molecule has 2 aliphatic rings. The van der Waals surface area contributed by atoms with Gasteiger partial charge in [0.2, 0.25) is 0 Å². The highest BCUT2D eigenvalue weighted by Gasteiger charge is 2.46. The highest BCUT2D eigenvalue weighted by Crippen LogP contribution is 2.47. The van der Waals surface area contributed by atoms with Crippen molar-refractivity contribution < 1.29 is 5.11 Å². The van der Waals surface area contributed by atoms with Gasteiger partial charge in [0.25, 0.3) is 0 Å². The molecule has 0 spiro atoms. The lowest BCUT2D eigenvalue weighted by Gasteiger charge is -2.43. The van der Waals surface area contributed by atoms with Crippen molar-refractivity contribution in [3.05, 3.63) is 0 Å². The Morgan fingerprint density at radius 3 is 2.53 bits per heavy atom. The summed E-state index contributed by atoms with van der Waals surface area (Å²) in [6.45, 7) is 2.21.